The summed E-state index contributed by atoms with van der Waals surface area (Å²) in [5.74, 6) is 0.144. The Morgan fingerprint density at radius 1 is 1.21 bits per heavy atom. The van der Waals surface area contributed by atoms with E-state index in [4.69, 9.17) is 4.74 Å². The predicted molar refractivity (Wildman–Crippen MR) is 112 cm³/mol. The number of para-hydroxylation sites is 1. The lowest BCUT2D eigenvalue weighted by atomic mass is 10.0. The number of fused-ring (bicyclic) bond motifs is 1. The number of aryl methyl sites for hydroxylation is 2. The van der Waals surface area contributed by atoms with Crippen LogP contribution in [0.15, 0.2) is 47.3 Å². The van der Waals surface area contributed by atoms with E-state index in [0.29, 0.717) is 23.6 Å². The molecular weight excluding hydrogens is 391 g/mol. The fourth-order valence-electron chi connectivity index (χ4n) is 3.88. The highest BCUT2D eigenvalue weighted by atomic mass is 32.1. The van der Waals surface area contributed by atoms with Crippen molar-refractivity contribution >= 4 is 22.9 Å². The number of carbonyl (C=O) groups is 1. The van der Waals surface area contributed by atoms with Gasteiger partial charge in [0.1, 0.15) is 18.1 Å². The summed E-state index contributed by atoms with van der Waals surface area (Å²) in [6, 6.07) is 11.7. The van der Waals surface area contributed by atoms with Gasteiger partial charge in [-0.25, -0.2) is 4.39 Å². The number of hydrogen-bond acceptors (Lipinski definition) is 4. The number of aromatic nitrogens is 1. The molecule has 150 valence electrons. The van der Waals surface area contributed by atoms with Crippen LogP contribution in [-0.2, 0) is 17.8 Å². The average Bonchev–Trinajstić information content (AvgIpc) is 3.00. The molecule has 1 aliphatic heterocycles. The van der Waals surface area contributed by atoms with Crippen molar-refractivity contribution < 1.29 is 13.9 Å². The lowest BCUT2D eigenvalue weighted by Crippen LogP contribution is -2.39. The smallest absolute Gasteiger partial charge is 0.308 e. The summed E-state index contributed by atoms with van der Waals surface area (Å²) in [7, 11) is 1.59. The number of benzene rings is 2. The molecule has 2 heterocycles. The third-order valence-electron chi connectivity index (χ3n) is 5.18. The topological polar surface area (TPSA) is 51.5 Å². The van der Waals surface area contributed by atoms with Crippen LogP contribution in [0.1, 0.15) is 16.9 Å². The number of amides is 1. The third kappa shape index (κ3) is 3.58. The first-order valence-corrected chi connectivity index (χ1v) is 10.2. The minimum atomic E-state index is -0.344. The number of nitrogens with zero attached hydrogens (tertiary/aromatic N) is 2. The summed E-state index contributed by atoms with van der Waals surface area (Å²) in [5.41, 5.74) is 3.23. The van der Waals surface area contributed by atoms with Crippen LogP contribution in [0.4, 0.5) is 10.1 Å². The van der Waals surface area contributed by atoms with Crippen LogP contribution in [0.3, 0.4) is 0 Å². The minimum Gasteiger partial charge on any atom is -0.495 e. The second kappa shape index (κ2) is 7.83. The van der Waals surface area contributed by atoms with E-state index in [9.17, 15) is 14.0 Å². The maximum atomic E-state index is 13.3. The summed E-state index contributed by atoms with van der Waals surface area (Å²) >= 11 is 1.10. The molecule has 1 aliphatic rings. The molecule has 4 rings (SSSR count). The van der Waals surface area contributed by atoms with E-state index in [2.05, 4.69) is 0 Å². The molecule has 5 nitrogen and oxygen atoms in total. The Hall–Kier alpha value is -2.93. The van der Waals surface area contributed by atoms with Gasteiger partial charge in [-0.3, -0.25) is 14.2 Å². The van der Waals surface area contributed by atoms with Crippen molar-refractivity contribution in [1.29, 1.82) is 0 Å². The lowest BCUT2D eigenvalue weighted by Gasteiger charge is -2.31. The van der Waals surface area contributed by atoms with Crippen molar-refractivity contribution in [2.45, 2.75) is 26.3 Å². The number of ether oxygens (including phenoxy) is 1. The van der Waals surface area contributed by atoms with Gasteiger partial charge in [0.25, 0.3) is 0 Å². The van der Waals surface area contributed by atoms with Gasteiger partial charge in [-0.15, -0.1) is 0 Å². The number of hydrogen-bond donors (Lipinski definition) is 0. The number of methoxy groups -OCH3 is 1. The molecule has 0 N–H and O–H groups in total. The summed E-state index contributed by atoms with van der Waals surface area (Å²) in [5, 5.41) is 0. The van der Waals surface area contributed by atoms with Gasteiger partial charge in [-0.05, 0) is 61.2 Å². The molecule has 0 fully saturated rings. The van der Waals surface area contributed by atoms with Crippen molar-refractivity contribution in [3.8, 4) is 17.0 Å². The predicted octanol–water partition coefficient (Wildman–Crippen LogP) is 4.01. The molecule has 0 spiro atoms. The van der Waals surface area contributed by atoms with E-state index >= 15 is 0 Å². The zero-order chi connectivity index (χ0) is 20.5. The Balaban J connectivity index is 1.71. The fraction of sp³-hybridized carbons (Fsp3) is 0.273. The number of rotatable bonds is 4. The van der Waals surface area contributed by atoms with Crippen LogP contribution in [-0.4, -0.2) is 24.1 Å². The van der Waals surface area contributed by atoms with Crippen molar-refractivity contribution in [2.24, 2.45) is 0 Å². The maximum Gasteiger partial charge on any atom is 0.308 e. The van der Waals surface area contributed by atoms with Crippen molar-refractivity contribution in [1.82, 2.24) is 4.57 Å². The van der Waals surface area contributed by atoms with Gasteiger partial charge in [-0.1, -0.05) is 23.5 Å². The van der Waals surface area contributed by atoms with E-state index in [1.807, 2.05) is 25.1 Å². The Labute approximate surface area is 172 Å². The molecule has 29 heavy (non-hydrogen) atoms. The molecule has 0 unspecified atom stereocenters. The zero-order valence-electron chi connectivity index (χ0n) is 16.3. The molecule has 0 atom stereocenters. The zero-order valence-corrected chi connectivity index (χ0v) is 17.1. The van der Waals surface area contributed by atoms with Gasteiger partial charge in [0.15, 0.2) is 0 Å². The Morgan fingerprint density at radius 2 is 1.97 bits per heavy atom. The summed E-state index contributed by atoms with van der Waals surface area (Å²) in [6.07, 6.45) is 1.74. The first-order valence-electron chi connectivity index (χ1n) is 9.42. The molecule has 1 amide bonds. The van der Waals surface area contributed by atoms with E-state index in [0.717, 1.165) is 40.3 Å². The molecule has 0 bridgehead atoms. The van der Waals surface area contributed by atoms with E-state index in [1.165, 1.54) is 16.7 Å². The van der Waals surface area contributed by atoms with Gasteiger partial charge in [0.2, 0.25) is 5.91 Å². The van der Waals surface area contributed by atoms with Crippen LogP contribution in [0.2, 0.25) is 0 Å². The Bertz CT molecular complexity index is 1100. The lowest BCUT2D eigenvalue weighted by molar-refractivity contribution is -0.119. The minimum absolute atomic E-state index is 0.0760. The first-order chi connectivity index (χ1) is 14.0. The van der Waals surface area contributed by atoms with E-state index in [-0.39, 0.29) is 23.1 Å². The second-order valence-corrected chi connectivity index (χ2v) is 8.15. The van der Waals surface area contributed by atoms with Crippen LogP contribution in [0.5, 0.6) is 5.75 Å². The molecule has 7 heteroatoms. The SMILES string of the molecule is COc1cccc2c1N(C(=O)Cn1c(-c3ccc(F)cc3)c(C)sc1=O)CCC2. The van der Waals surface area contributed by atoms with E-state index in [1.54, 1.807) is 24.1 Å². The largest absolute Gasteiger partial charge is 0.495 e. The number of thiazole rings is 1. The quantitative estimate of drug-likeness (QED) is 0.651. The molecule has 0 aliphatic carbocycles. The van der Waals surface area contributed by atoms with Crippen molar-refractivity contribution in [2.75, 3.05) is 18.6 Å². The molecular formula is C22H21FN2O3S. The molecule has 3 aromatic rings. The van der Waals surface area contributed by atoms with Crippen LogP contribution >= 0.6 is 11.3 Å². The standard InChI is InChI=1S/C22H21FN2O3S/c1-14-20(16-8-10-17(23)11-9-16)25(22(27)29-14)13-19(26)24-12-4-6-15-5-3-7-18(28-2)21(15)24/h3,5,7-11H,4,6,12-13H2,1-2H3. The highest BCUT2D eigenvalue weighted by Crippen LogP contribution is 2.36. The number of halogens is 1. The number of carbonyl (C=O) groups excluding carboxylic acids is 1. The summed E-state index contributed by atoms with van der Waals surface area (Å²) in [6.45, 7) is 2.34. The Morgan fingerprint density at radius 3 is 2.69 bits per heavy atom. The Kier molecular flexibility index (Phi) is 5.24. The van der Waals surface area contributed by atoms with Crippen molar-refractivity contribution in [3.63, 3.8) is 0 Å². The fourth-order valence-corrected chi connectivity index (χ4v) is 4.73. The molecule has 0 saturated heterocycles. The monoisotopic (exact) mass is 412 g/mol. The second-order valence-electron chi connectivity index (χ2n) is 6.98. The van der Waals surface area contributed by atoms with E-state index < -0.39 is 0 Å². The maximum absolute atomic E-state index is 13.3. The van der Waals surface area contributed by atoms with Crippen LogP contribution in [0, 0.1) is 12.7 Å². The average molecular weight is 412 g/mol. The van der Waals surface area contributed by atoms with Gasteiger partial charge in [-0.2, -0.15) is 0 Å². The van der Waals surface area contributed by atoms with Gasteiger partial charge in [0.05, 0.1) is 18.5 Å². The van der Waals surface area contributed by atoms with Crippen LogP contribution in [0.25, 0.3) is 11.3 Å². The number of anilines is 1. The first kappa shape index (κ1) is 19.4. The van der Waals surface area contributed by atoms with Crippen LogP contribution < -0.4 is 14.5 Å². The van der Waals surface area contributed by atoms with Crippen molar-refractivity contribution in [3.05, 3.63) is 68.4 Å². The molecule has 0 radical (unpaired) electrons. The normalized spacial score (nSPS) is 13.3. The molecule has 0 saturated carbocycles. The van der Waals surface area contributed by atoms with Gasteiger partial charge < -0.3 is 9.64 Å². The summed E-state index contributed by atoms with van der Waals surface area (Å²) < 4.78 is 20.3. The van der Waals surface area contributed by atoms with Gasteiger partial charge >= 0.3 is 4.87 Å². The third-order valence-corrected chi connectivity index (χ3v) is 6.07. The highest BCUT2D eigenvalue weighted by molar-refractivity contribution is 7.09. The molecule has 2 aromatic carbocycles. The molecule has 1 aromatic heterocycles. The highest BCUT2D eigenvalue weighted by Gasteiger charge is 2.27. The summed E-state index contributed by atoms with van der Waals surface area (Å²) in [4.78, 5) is 28.2. The van der Waals surface area contributed by atoms with Gasteiger partial charge in [0, 0.05) is 11.4 Å².